The zero-order chi connectivity index (χ0) is 16.7. The number of hydrogen-bond donors (Lipinski definition) is 1. The summed E-state index contributed by atoms with van der Waals surface area (Å²) in [4.78, 5) is 28.3. The largest absolute Gasteiger partial charge is 0.469 e. The smallest absolute Gasteiger partial charge is 0.305 e. The average Bonchev–Trinajstić information content (AvgIpc) is 3.19. The van der Waals surface area contributed by atoms with E-state index in [0.29, 0.717) is 17.8 Å². The van der Waals surface area contributed by atoms with Gasteiger partial charge in [-0.25, -0.2) is 4.98 Å². The van der Waals surface area contributed by atoms with Crippen molar-refractivity contribution in [2.75, 3.05) is 13.7 Å². The van der Waals surface area contributed by atoms with E-state index in [1.165, 1.54) is 18.4 Å². The van der Waals surface area contributed by atoms with Crippen LogP contribution in [-0.4, -0.2) is 30.5 Å². The lowest BCUT2D eigenvalue weighted by Gasteiger charge is -2.04. The van der Waals surface area contributed by atoms with Gasteiger partial charge in [0.1, 0.15) is 9.88 Å². The summed E-state index contributed by atoms with van der Waals surface area (Å²) >= 11 is 3.04. The highest BCUT2D eigenvalue weighted by molar-refractivity contribution is 7.17. The lowest BCUT2D eigenvalue weighted by Crippen LogP contribution is -2.24. The molecule has 0 bridgehead atoms. The number of rotatable bonds is 8. The zero-order valence-electron chi connectivity index (χ0n) is 13.3. The molecule has 0 radical (unpaired) electrons. The first-order chi connectivity index (χ1) is 11.1. The van der Waals surface area contributed by atoms with E-state index in [0.717, 1.165) is 35.5 Å². The third kappa shape index (κ3) is 5.14. The van der Waals surface area contributed by atoms with E-state index in [2.05, 4.69) is 15.0 Å². The molecule has 2 aromatic rings. The Labute approximate surface area is 143 Å². The maximum atomic E-state index is 12.2. The monoisotopic (exact) mass is 352 g/mol. The Balaban J connectivity index is 1.77. The van der Waals surface area contributed by atoms with Crippen LogP contribution in [0.5, 0.6) is 0 Å². The summed E-state index contributed by atoms with van der Waals surface area (Å²) in [6.45, 7) is 2.46. The summed E-state index contributed by atoms with van der Waals surface area (Å²) in [5.74, 6) is -0.260. The molecule has 7 heteroatoms. The fourth-order valence-corrected chi connectivity index (χ4v) is 3.77. The number of aromatic nitrogens is 1. The van der Waals surface area contributed by atoms with Crippen LogP contribution in [-0.2, 0) is 9.53 Å². The third-order valence-electron chi connectivity index (χ3n) is 3.34. The van der Waals surface area contributed by atoms with Crippen LogP contribution in [0, 0.1) is 6.92 Å². The quantitative estimate of drug-likeness (QED) is 0.582. The molecule has 0 saturated carbocycles. The maximum Gasteiger partial charge on any atom is 0.305 e. The van der Waals surface area contributed by atoms with Crippen molar-refractivity contribution >= 4 is 34.6 Å². The van der Waals surface area contributed by atoms with Gasteiger partial charge in [-0.3, -0.25) is 9.59 Å². The number of thiophene rings is 1. The molecule has 1 amide bonds. The predicted octanol–water partition coefficient (Wildman–Crippen LogP) is 3.64. The van der Waals surface area contributed by atoms with Crippen molar-refractivity contribution in [3.63, 3.8) is 0 Å². The van der Waals surface area contributed by atoms with Crippen LogP contribution >= 0.6 is 22.7 Å². The first-order valence-corrected chi connectivity index (χ1v) is 9.22. The van der Waals surface area contributed by atoms with Crippen LogP contribution in [0.1, 0.15) is 41.0 Å². The second-order valence-corrected chi connectivity index (χ2v) is 6.87. The minimum absolute atomic E-state index is 0.0746. The molecule has 0 fully saturated rings. The summed E-state index contributed by atoms with van der Waals surface area (Å²) in [6.07, 6.45) is 2.95. The number of unbranched alkanes of at least 4 members (excludes halogenated alkanes) is 2. The summed E-state index contributed by atoms with van der Waals surface area (Å²) in [5, 5.41) is 7.83. The van der Waals surface area contributed by atoms with Gasteiger partial charge < -0.3 is 10.1 Å². The molecular formula is C16H20N2O3S2. The molecule has 23 heavy (non-hydrogen) atoms. The normalized spacial score (nSPS) is 10.5. The van der Waals surface area contributed by atoms with Gasteiger partial charge in [-0.05, 0) is 31.2 Å². The number of carbonyl (C=O) groups is 2. The Morgan fingerprint density at radius 3 is 2.83 bits per heavy atom. The van der Waals surface area contributed by atoms with Gasteiger partial charge in [0, 0.05) is 23.9 Å². The van der Waals surface area contributed by atoms with Crippen molar-refractivity contribution in [2.45, 2.75) is 32.6 Å². The van der Waals surface area contributed by atoms with Crippen LogP contribution < -0.4 is 5.32 Å². The van der Waals surface area contributed by atoms with E-state index in [-0.39, 0.29) is 11.9 Å². The Hall–Kier alpha value is -1.73. The number of nitrogens with one attached hydrogen (secondary N) is 1. The second-order valence-electron chi connectivity index (χ2n) is 5.09. The van der Waals surface area contributed by atoms with E-state index in [9.17, 15) is 9.59 Å². The number of esters is 1. The number of aryl methyl sites for hydroxylation is 1. The average molecular weight is 352 g/mol. The lowest BCUT2D eigenvalue weighted by atomic mass is 10.2. The van der Waals surface area contributed by atoms with Gasteiger partial charge in [0.05, 0.1) is 12.8 Å². The Kier molecular flexibility index (Phi) is 6.73. The minimum atomic E-state index is -0.185. The van der Waals surface area contributed by atoms with Gasteiger partial charge >= 0.3 is 5.97 Å². The number of ether oxygens (including phenoxy) is 1. The van der Waals surface area contributed by atoms with Crippen molar-refractivity contribution in [1.29, 1.82) is 0 Å². The number of hydrogen-bond acceptors (Lipinski definition) is 6. The topological polar surface area (TPSA) is 68.3 Å². The maximum absolute atomic E-state index is 12.2. The van der Waals surface area contributed by atoms with Crippen LogP contribution in [0.15, 0.2) is 16.8 Å². The van der Waals surface area contributed by atoms with Crippen molar-refractivity contribution in [2.24, 2.45) is 0 Å². The molecular weight excluding hydrogens is 332 g/mol. The number of carbonyl (C=O) groups excluding carboxylic acids is 2. The van der Waals surface area contributed by atoms with Gasteiger partial charge in [0.25, 0.3) is 5.91 Å². The molecule has 0 aliphatic rings. The molecule has 2 aromatic heterocycles. The number of methoxy groups -OCH3 is 1. The van der Waals surface area contributed by atoms with Gasteiger partial charge in [-0.1, -0.05) is 6.42 Å². The van der Waals surface area contributed by atoms with Gasteiger partial charge in [-0.15, -0.1) is 11.3 Å². The van der Waals surface area contributed by atoms with Gasteiger partial charge in [0.2, 0.25) is 0 Å². The molecule has 0 aliphatic carbocycles. The second kappa shape index (κ2) is 8.79. The third-order valence-corrected chi connectivity index (χ3v) is 5.23. The first kappa shape index (κ1) is 17.6. The molecule has 5 nitrogen and oxygen atoms in total. The highest BCUT2D eigenvalue weighted by Crippen LogP contribution is 2.29. The van der Waals surface area contributed by atoms with E-state index in [1.54, 1.807) is 11.3 Å². The fraction of sp³-hybridized carbons (Fsp3) is 0.438. The number of nitrogens with zero attached hydrogens (tertiary/aromatic N) is 1. The first-order valence-electron chi connectivity index (χ1n) is 7.47. The van der Waals surface area contributed by atoms with Crippen LogP contribution in [0.25, 0.3) is 10.6 Å². The Morgan fingerprint density at radius 1 is 1.30 bits per heavy atom. The standard InChI is InChI=1S/C16H20N2O3S2/c1-11-14(23-16(18-11)12-7-9-22-10-12)15(20)17-8-5-3-4-6-13(19)21-2/h7,9-10H,3-6,8H2,1-2H3,(H,17,20). The highest BCUT2D eigenvalue weighted by Gasteiger charge is 2.15. The molecule has 0 unspecified atom stereocenters. The van der Waals surface area contributed by atoms with E-state index in [4.69, 9.17) is 0 Å². The van der Waals surface area contributed by atoms with Crippen LogP contribution in [0.2, 0.25) is 0 Å². The van der Waals surface area contributed by atoms with Crippen molar-refractivity contribution in [3.8, 4) is 10.6 Å². The molecule has 1 N–H and O–H groups in total. The Morgan fingerprint density at radius 2 is 2.13 bits per heavy atom. The molecule has 0 atom stereocenters. The summed E-state index contributed by atoms with van der Waals surface area (Å²) in [6, 6.07) is 2.01. The van der Waals surface area contributed by atoms with E-state index < -0.39 is 0 Å². The van der Waals surface area contributed by atoms with Crippen molar-refractivity contribution in [1.82, 2.24) is 10.3 Å². The van der Waals surface area contributed by atoms with E-state index >= 15 is 0 Å². The summed E-state index contributed by atoms with van der Waals surface area (Å²) in [5.41, 5.74) is 1.82. The number of thiazole rings is 1. The van der Waals surface area contributed by atoms with Crippen molar-refractivity contribution in [3.05, 3.63) is 27.4 Å². The van der Waals surface area contributed by atoms with Crippen molar-refractivity contribution < 1.29 is 14.3 Å². The molecule has 0 saturated heterocycles. The van der Waals surface area contributed by atoms with Gasteiger partial charge in [0.15, 0.2) is 0 Å². The zero-order valence-corrected chi connectivity index (χ0v) is 14.9. The summed E-state index contributed by atoms with van der Waals surface area (Å²) in [7, 11) is 1.39. The van der Waals surface area contributed by atoms with Crippen LogP contribution in [0.4, 0.5) is 0 Å². The minimum Gasteiger partial charge on any atom is -0.469 e. The highest BCUT2D eigenvalue weighted by atomic mass is 32.1. The molecule has 0 spiro atoms. The summed E-state index contributed by atoms with van der Waals surface area (Å²) < 4.78 is 4.59. The molecule has 0 aliphatic heterocycles. The predicted molar refractivity (Wildman–Crippen MR) is 93.0 cm³/mol. The number of amides is 1. The van der Waals surface area contributed by atoms with E-state index in [1.807, 2.05) is 23.8 Å². The molecule has 124 valence electrons. The lowest BCUT2D eigenvalue weighted by molar-refractivity contribution is -0.140. The SMILES string of the molecule is COC(=O)CCCCCNC(=O)c1sc(-c2ccsc2)nc1C. The van der Waals surface area contributed by atoms with Crippen LogP contribution in [0.3, 0.4) is 0 Å². The molecule has 2 rings (SSSR count). The molecule has 2 heterocycles. The Bertz CT molecular complexity index is 650. The van der Waals surface area contributed by atoms with Gasteiger partial charge in [-0.2, -0.15) is 11.3 Å². The molecule has 0 aromatic carbocycles. The fourth-order valence-electron chi connectivity index (χ4n) is 2.07.